The molecule has 0 atom stereocenters. The summed E-state index contributed by atoms with van der Waals surface area (Å²) in [5, 5.41) is 3.02. The minimum absolute atomic E-state index is 0.0247. The molecule has 0 aliphatic rings. The quantitative estimate of drug-likeness (QED) is 0.664. The van der Waals surface area contributed by atoms with Gasteiger partial charge in [-0.3, -0.25) is 4.79 Å². The van der Waals surface area contributed by atoms with Crippen LogP contribution in [0.3, 0.4) is 0 Å². The standard InChI is InChI=1S/C20H24BrNO2/c1-13-7-8-18(17(21)12-13)24-9-5-6-19(23)22-20-15(3)10-14(2)11-16(20)4/h7-8,10-12H,5-6,9H2,1-4H3,(H,22,23). The van der Waals surface area contributed by atoms with Crippen LogP contribution >= 0.6 is 15.9 Å². The number of carbonyl (C=O) groups excluding carboxylic acids is 1. The van der Waals surface area contributed by atoms with Gasteiger partial charge >= 0.3 is 0 Å². The molecule has 0 aliphatic heterocycles. The predicted octanol–water partition coefficient (Wildman–Crippen LogP) is 5.48. The summed E-state index contributed by atoms with van der Waals surface area (Å²) in [6.45, 7) is 8.66. The molecule has 1 N–H and O–H groups in total. The molecule has 24 heavy (non-hydrogen) atoms. The molecular formula is C20H24BrNO2. The third kappa shape index (κ3) is 5.10. The van der Waals surface area contributed by atoms with Crippen LogP contribution in [-0.4, -0.2) is 12.5 Å². The molecule has 1 amide bonds. The first kappa shape index (κ1) is 18.5. The Labute approximate surface area is 152 Å². The average molecular weight is 390 g/mol. The highest BCUT2D eigenvalue weighted by Crippen LogP contribution is 2.26. The Balaban J connectivity index is 1.82. The van der Waals surface area contributed by atoms with Crippen LogP contribution in [0.1, 0.15) is 35.1 Å². The molecule has 128 valence electrons. The van der Waals surface area contributed by atoms with E-state index >= 15 is 0 Å². The maximum Gasteiger partial charge on any atom is 0.224 e. The lowest BCUT2D eigenvalue weighted by atomic mass is 10.0. The molecule has 2 aromatic rings. The summed E-state index contributed by atoms with van der Waals surface area (Å²) in [5.74, 6) is 0.836. The lowest BCUT2D eigenvalue weighted by Gasteiger charge is -2.13. The van der Waals surface area contributed by atoms with Crippen molar-refractivity contribution in [3.8, 4) is 5.75 Å². The number of hydrogen-bond donors (Lipinski definition) is 1. The molecule has 2 rings (SSSR count). The molecule has 0 bridgehead atoms. The molecule has 2 aromatic carbocycles. The number of carbonyl (C=O) groups is 1. The molecule has 0 aliphatic carbocycles. The Bertz CT molecular complexity index is 717. The third-order valence-electron chi connectivity index (χ3n) is 3.83. The molecular weight excluding hydrogens is 366 g/mol. The summed E-state index contributed by atoms with van der Waals surface area (Å²) in [6, 6.07) is 10.1. The zero-order valence-corrected chi connectivity index (χ0v) is 16.3. The van der Waals surface area contributed by atoms with Crippen molar-refractivity contribution in [3.63, 3.8) is 0 Å². The summed E-state index contributed by atoms with van der Waals surface area (Å²) >= 11 is 3.49. The van der Waals surface area contributed by atoms with E-state index in [2.05, 4.69) is 40.3 Å². The fourth-order valence-electron chi connectivity index (χ4n) is 2.72. The molecule has 3 nitrogen and oxygen atoms in total. The van der Waals surface area contributed by atoms with Gasteiger partial charge in [-0.1, -0.05) is 23.8 Å². The molecule has 0 unspecified atom stereocenters. The zero-order valence-electron chi connectivity index (χ0n) is 14.7. The summed E-state index contributed by atoms with van der Waals surface area (Å²) in [5.41, 5.74) is 5.51. The highest BCUT2D eigenvalue weighted by atomic mass is 79.9. The van der Waals surface area contributed by atoms with Gasteiger partial charge in [0, 0.05) is 12.1 Å². The fourth-order valence-corrected chi connectivity index (χ4v) is 3.32. The number of halogens is 1. The van der Waals surface area contributed by atoms with Gasteiger partial charge in [-0.15, -0.1) is 0 Å². The van der Waals surface area contributed by atoms with E-state index in [0.29, 0.717) is 19.4 Å². The molecule has 0 spiro atoms. The Kier molecular flexibility index (Phi) is 6.44. The number of nitrogens with one attached hydrogen (secondary N) is 1. The number of amides is 1. The minimum Gasteiger partial charge on any atom is -0.492 e. The summed E-state index contributed by atoms with van der Waals surface area (Å²) in [4.78, 5) is 12.1. The molecule has 0 heterocycles. The molecule has 0 saturated heterocycles. The van der Waals surface area contributed by atoms with Crippen molar-refractivity contribution in [2.75, 3.05) is 11.9 Å². The van der Waals surface area contributed by atoms with Crippen LogP contribution < -0.4 is 10.1 Å². The second-order valence-corrected chi connectivity index (χ2v) is 7.06. The summed E-state index contributed by atoms with van der Waals surface area (Å²) < 4.78 is 6.67. The van der Waals surface area contributed by atoms with Crippen LogP contribution in [-0.2, 0) is 4.79 Å². The van der Waals surface area contributed by atoms with Crippen LogP contribution in [0.5, 0.6) is 5.75 Å². The molecule has 0 saturated carbocycles. The Morgan fingerprint density at radius 1 is 1.04 bits per heavy atom. The van der Waals surface area contributed by atoms with E-state index in [4.69, 9.17) is 4.74 Å². The number of benzene rings is 2. The van der Waals surface area contributed by atoms with Crippen molar-refractivity contribution in [3.05, 3.63) is 57.1 Å². The van der Waals surface area contributed by atoms with Crippen molar-refractivity contribution < 1.29 is 9.53 Å². The van der Waals surface area contributed by atoms with E-state index in [0.717, 1.165) is 27.0 Å². The molecule has 0 aromatic heterocycles. The summed E-state index contributed by atoms with van der Waals surface area (Å²) in [6.07, 6.45) is 1.12. The first-order valence-electron chi connectivity index (χ1n) is 8.13. The maximum atomic E-state index is 12.1. The van der Waals surface area contributed by atoms with Gasteiger partial charge in [0.2, 0.25) is 5.91 Å². The number of anilines is 1. The second-order valence-electron chi connectivity index (χ2n) is 6.21. The topological polar surface area (TPSA) is 38.3 Å². The van der Waals surface area contributed by atoms with Crippen molar-refractivity contribution in [2.45, 2.75) is 40.5 Å². The van der Waals surface area contributed by atoms with Crippen molar-refractivity contribution in [1.82, 2.24) is 0 Å². The molecule has 0 fully saturated rings. The van der Waals surface area contributed by atoms with Crippen molar-refractivity contribution in [2.24, 2.45) is 0 Å². The van der Waals surface area contributed by atoms with Crippen LogP contribution in [0.15, 0.2) is 34.8 Å². The normalized spacial score (nSPS) is 10.5. The largest absolute Gasteiger partial charge is 0.492 e. The van der Waals surface area contributed by atoms with Gasteiger partial charge in [0.15, 0.2) is 0 Å². The van der Waals surface area contributed by atoms with Gasteiger partial charge in [0.25, 0.3) is 0 Å². The van der Waals surface area contributed by atoms with Gasteiger partial charge in [-0.05, 0) is 78.9 Å². The zero-order chi connectivity index (χ0) is 17.7. The Morgan fingerprint density at radius 2 is 1.71 bits per heavy atom. The molecule has 0 radical (unpaired) electrons. The van der Waals surface area contributed by atoms with E-state index < -0.39 is 0 Å². The number of aryl methyl sites for hydroxylation is 4. The average Bonchev–Trinajstić information content (AvgIpc) is 2.49. The van der Waals surface area contributed by atoms with Crippen LogP contribution in [0.4, 0.5) is 5.69 Å². The highest BCUT2D eigenvalue weighted by molar-refractivity contribution is 9.10. The van der Waals surface area contributed by atoms with Gasteiger partial charge in [-0.25, -0.2) is 0 Å². The number of ether oxygens (including phenoxy) is 1. The van der Waals surface area contributed by atoms with E-state index in [-0.39, 0.29) is 5.91 Å². The van der Waals surface area contributed by atoms with E-state index in [1.807, 2.05) is 39.0 Å². The first-order valence-corrected chi connectivity index (χ1v) is 8.93. The van der Waals surface area contributed by atoms with Crippen LogP contribution in [0.25, 0.3) is 0 Å². The molecule has 4 heteroatoms. The lowest BCUT2D eigenvalue weighted by Crippen LogP contribution is -2.14. The van der Waals surface area contributed by atoms with Gasteiger partial charge in [0.1, 0.15) is 5.75 Å². The van der Waals surface area contributed by atoms with Crippen LogP contribution in [0, 0.1) is 27.7 Å². The van der Waals surface area contributed by atoms with E-state index in [9.17, 15) is 4.79 Å². The number of hydrogen-bond acceptors (Lipinski definition) is 2. The number of rotatable bonds is 6. The lowest BCUT2D eigenvalue weighted by molar-refractivity contribution is -0.116. The maximum absolute atomic E-state index is 12.1. The first-order chi connectivity index (χ1) is 11.4. The monoisotopic (exact) mass is 389 g/mol. The van der Waals surface area contributed by atoms with E-state index in [1.54, 1.807) is 0 Å². The van der Waals surface area contributed by atoms with Gasteiger partial charge in [0.05, 0.1) is 11.1 Å². The smallest absolute Gasteiger partial charge is 0.224 e. The fraction of sp³-hybridized carbons (Fsp3) is 0.350. The highest BCUT2D eigenvalue weighted by Gasteiger charge is 2.08. The van der Waals surface area contributed by atoms with Crippen LogP contribution in [0.2, 0.25) is 0 Å². The minimum atomic E-state index is 0.0247. The second kappa shape index (κ2) is 8.34. The Hall–Kier alpha value is -1.81. The van der Waals surface area contributed by atoms with Crippen molar-refractivity contribution in [1.29, 1.82) is 0 Å². The van der Waals surface area contributed by atoms with Crippen molar-refractivity contribution >= 4 is 27.5 Å². The third-order valence-corrected chi connectivity index (χ3v) is 4.45. The predicted molar refractivity (Wildman–Crippen MR) is 103 cm³/mol. The SMILES string of the molecule is Cc1cc(C)c(NC(=O)CCCOc2ccc(C)cc2Br)c(C)c1. The summed E-state index contributed by atoms with van der Waals surface area (Å²) in [7, 11) is 0. The Morgan fingerprint density at radius 3 is 2.33 bits per heavy atom. The van der Waals surface area contributed by atoms with E-state index in [1.165, 1.54) is 11.1 Å². The van der Waals surface area contributed by atoms with Gasteiger partial charge in [-0.2, -0.15) is 0 Å². The van der Waals surface area contributed by atoms with Gasteiger partial charge < -0.3 is 10.1 Å².